The number of ether oxygens (including phenoxy) is 1. The predicted octanol–water partition coefficient (Wildman–Crippen LogP) is 2.90. The summed E-state index contributed by atoms with van der Waals surface area (Å²) in [5, 5.41) is 5.51. The van der Waals surface area contributed by atoms with E-state index in [0.717, 1.165) is 5.56 Å². The van der Waals surface area contributed by atoms with Gasteiger partial charge >= 0.3 is 12.0 Å². The third kappa shape index (κ3) is 4.60. The molecule has 0 aliphatic carbocycles. The van der Waals surface area contributed by atoms with Crippen molar-refractivity contribution >= 4 is 33.4 Å². The van der Waals surface area contributed by atoms with Crippen LogP contribution in [-0.2, 0) is 19.4 Å². The smallest absolute Gasteiger partial charge is 0.338 e. The number of aryl methyl sites for hydroxylation is 1. The summed E-state index contributed by atoms with van der Waals surface area (Å²) in [7, 11) is -2.66. The van der Waals surface area contributed by atoms with Crippen LogP contribution in [0.25, 0.3) is 0 Å². The van der Waals surface area contributed by atoms with E-state index < -0.39 is 33.6 Å². The van der Waals surface area contributed by atoms with Crippen LogP contribution in [-0.4, -0.2) is 33.3 Å². The molecule has 7 nitrogen and oxygen atoms in total. The molecular weight excluding hydrogens is 416 g/mol. The first-order valence-electron chi connectivity index (χ1n) is 8.65. The van der Waals surface area contributed by atoms with Gasteiger partial charge in [-0.15, -0.1) is 0 Å². The minimum atomic E-state index is -3.85. The highest BCUT2D eigenvalue weighted by molar-refractivity contribution is 7.91. The van der Waals surface area contributed by atoms with Gasteiger partial charge in [0.15, 0.2) is 9.84 Å². The zero-order valence-electron chi connectivity index (χ0n) is 15.7. The second-order valence-electron chi connectivity index (χ2n) is 6.54. The zero-order valence-corrected chi connectivity index (χ0v) is 17.3. The van der Waals surface area contributed by atoms with E-state index in [1.807, 2.05) is 19.1 Å². The number of halogens is 1. The van der Waals surface area contributed by atoms with E-state index >= 15 is 0 Å². The summed E-state index contributed by atoms with van der Waals surface area (Å²) < 4.78 is 30.6. The summed E-state index contributed by atoms with van der Waals surface area (Å²) in [5.41, 5.74) is 1.64. The van der Waals surface area contributed by atoms with E-state index in [0.29, 0.717) is 10.6 Å². The molecule has 1 atom stereocenters. The summed E-state index contributed by atoms with van der Waals surface area (Å²) in [6.07, 6.45) is 0. The van der Waals surface area contributed by atoms with E-state index in [1.165, 1.54) is 31.4 Å². The molecule has 0 saturated heterocycles. The van der Waals surface area contributed by atoms with Crippen LogP contribution in [0.2, 0.25) is 5.02 Å². The van der Waals surface area contributed by atoms with Gasteiger partial charge in [-0.25, -0.2) is 18.0 Å². The van der Waals surface area contributed by atoms with Gasteiger partial charge in [0.05, 0.1) is 29.4 Å². The highest BCUT2D eigenvalue weighted by Crippen LogP contribution is 2.29. The van der Waals surface area contributed by atoms with Gasteiger partial charge in [-0.1, -0.05) is 41.4 Å². The fourth-order valence-corrected chi connectivity index (χ4v) is 4.46. The minimum absolute atomic E-state index is 0.0262. The molecule has 0 unspecified atom stereocenters. The maximum absolute atomic E-state index is 12.9. The van der Waals surface area contributed by atoms with Crippen LogP contribution in [0.3, 0.4) is 0 Å². The van der Waals surface area contributed by atoms with Crippen molar-refractivity contribution in [1.29, 1.82) is 0 Å². The minimum Gasteiger partial charge on any atom is -0.466 e. The summed E-state index contributed by atoms with van der Waals surface area (Å²) in [6.45, 7) is 1.91. The van der Waals surface area contributed by atoms with Crippen LogP contribution in [0.15, 0.2) is 64.7 Å². The third-order valence-electron chi connectivity index (χ3n) is 4.48. The molecule has 0 saturated carbocycles. The van der Waals surface area contributed by atoms with E-state index in [9.17, 15) is 18.0 Å². The highest BCUT2D eigenvalue weighted by Gasteiger charge is 2.35. The Morgan fingerprint density at radius 1 is 1.10 bits per heavy atom. The lowest BCUT2D eigenvalue weighted by atomic mass is 9.95. The van der Waals surface area contributed by atoms with Crippen molar-refractivity contribution in [3.63, 3.8) is 0 Å². The number of urea groups is 1. The van der Waals surface area contributed by atoms with Crippen molar-refractivity contribution in [2.75, 3.05) is 12.9 Å². The molecule has 1 heterocycles. The van der Waals surface area contributed by atoms with E-state index in [2.05, 4.69) is 10.6 Å². The molecule has 2 aromatic rings. The van der Waals surface area contributed by atoms with E-state index in [-0.39, 0.29) is 16.2 Å². The lowest BCUT2D eigenvalue weighted by molar-refractivity contribution is -0.136. The van der Waals surface area contributed by atoms with Gasteiger partial charge in [0.2, 0.25) is 0 Å². The fourth-order valence-electron chi connectivity index (χ4n) is 3.01. The molecule has 3 rings (SSSR count). The predicted molar refractivity (Wildman–Crippen MR) is 108 cm³/mol. The first kappa shape index (κ1) is 20.9. The van der Waals surface area contributed by atoms with Crippen LogP contribution >= 0.6 is 11.6 Å². The zero-order chi connectivity index (χ0) is 21.2. The number of carbonyl (C=O) groups excluding carboxylic acids is 2. The van der Waals surface area contributed by atoms with Crippen molar-refractivity contribution in [2.24, 2.45) is 0 Å². The standard InChI is InChI=1S/C20H19ClN2O5S/c1-12-3-5-13(6-4-12)18-17(19(24)28-2)16(22-20(25)23-18)11-29(26,27)15-9-7-14(21)8-10-15/h3-10,18H,11H2,1-2H3,(H2,22,23,25)/t18-/m1/s1. The van der Waals surface area contributed by atoms with Crippen molar-refractivity contribution in [1.82, 2.24) is 10.6 Å². The van der Waals surface area contributed by atoms with Crippen molar-refractivity contribution in [3.05, 3.63) is 76.0 Å². The molecule has 0 aromatic heterocycles. The molecule has 9 heteroatoms. The van der Waals surface area contributed by atoms with Crippen LogP contribution in [0, 0.1) is 6.92 Å². The maximum atomic E-state index is 12.9. The van der Waals surface area contributed by atoms with Crippen molar-refractivity contribution < 1.29 is 22.7 Å². The van der Waals surface area contributed by atoms with Crippen molar-refractivity contribution in [2.45, 2.75) is 17.9 Å². The van der Waals surface area contributed by atoms with Crippen LogP contribution in [0.5, 0.6) is 0 Å². The highest BCUT2D eigenvalue weighted by atomic mass is 35.5. The number of esters is 1. The average molecular weight is 435 g/mol. The Hall–Kier alpha value is -2.84. The monoisotopic (exact) mass is 434 g/mol. The summed E-state index contributed by atoms with van der Waals surface area (Å²) in [4.78, 5) is 24.8. The number of nitrogens with one attached hydrogen (secondary N) is 2. The van der Waals surface area contributed by atoms with Gasteiger partial charge in [0.25, 0.3) is 0 Å². The Kier molecular flexibility index (Phi) is 5.95. The van der Waals surface area contributed by atoms with Gasteiger partial charge < -0.3 is 15.4 Å². The van der Waals surface area contributed by atoms with Crippen molar-refractivity contribution in [3.8, 4) is 0 Å². The first-order valence-corrected chi connectivity index (χ1v) is 10.7. The van der Waals surface area contributed by atoms with Crippen LogP contribution in [0.4, 0.5) is 4.79 Å². The largest absolute Gasteiger partial charge is 0.466 e. The Morgan fingerprint density at radius 3 is 2.31 bits per heavy atom. The Bertz CT molecular complexity index is 1080. The Balaban J connectivity index is 2.08. The molecule has 1 aliphatic heterocycles. The molecule has 29 heavy (non-hydrogen) atoms. The number of hydrogen-bond acceptors (Lipinski definition) is 5. The molecule has 0 fully saturated rings. The molecule has 2 aromatic carbocycles. The lowest BCUT2D eigenvalue weighted by Crippen LogP contribution is -2.47. The van der Waals surface area contributed by atoms with Crippen LogP contribution < -0.4 is 10.6 Å². The second kappa shape index (κ2) is 8.26. The molecule has 1 aliphatic rings. The summed E-state index contributed by atoms with van der Waals surface area (Å²) in [6, 6.07) is 11.4. The topological polar surface area (TPSA) is 102 Å². The molecule has 0 bridgehead atoms. The quantitative estimate of drug-likeness (QED) is 0.704. The summed E-state index contributed by atoms with van der Waals surface area (Å²) in [5.74, 6) is -1.31. The Labute approximate surface area is 173 Å². The molecule has 152 valence electrons. The van der Waals surface area contributed by atoms with Gasteiger partial charge in [0.1, 0.15) is 0 Å². The lowest BCUT2D eigenvalue weighted by Gasteiger charge is -2.29. The molecular formula is C20H19ClN2O5S. The SMILES string of the molecule is COC(=O)C1=C(CS(=O)(=O)c2ccc(Cl)cc2)NC(=O)N[C@@H]1c1ccc(C)cc1. The molecule has 2 amide bonds. The van der Waals surface area contributed by atoms with Gasteiger partial charge in [-0.2, -0.15) is 0 Å². The normalized spacial score (nSPS) is 16.8. The third-order valence-corrected chi connectivity index (χ3v) is 6.39. The number of methoxy groups -OCH3 is 1. The molecule has 0 radical (unpaired) electrons. The number of carbonyl (C=O) groups is 2. The summed E-state index contributed by atoms with van der Waals surface area (Å²) >= 11 is 5.82. The average Bonchev–Trinajstić information content (AvgIpc) is 2.67. The number of amides is 2. The van der Waals surface area contributed by atoms with E-state index in [1.54, 1.807) is 12.1 Å². The van der Waals surface area contributed by atoms with E-state index in [4.69, 9.17) is 16.3 Å². The number of benzene rings is 2. The maximum Gasteiger partial charge on any atom is 0.338 e. The number of hydrogen-bond donors (Lipinski definition) is 2. The Morgan fingerprint density at radius 2 is 1.72 bits per heavy atom. The molecule has 0 spiro atoms. The van der Waals surface area contributed by atoms with Gasteiger partial charge in [0, 0.05) is 10.7 Å². The van der Waals surface area contributed by atoms with Crippen LogP contribution in [0.1, 0.15) is 17.2 Å². The number of rotatable bonds is 5. The first-order chi connectivity index (χ1) is 13.7. The second-order valence-corrected chi connectivity index (χ2v) is 8.96. The fraction of sp³-hybridized carbons (Fsp3) is 0.200. The van der Waals surface area contributed by atoms with Gasteiger partial charge in [-0.05, 0) is 36.8 Å². The molecule has 2 N–H and O–H groups in total. The van der Waals surface area contributed by atoms with Gasteiger partial charge in [-0.3, -0.25) is 0 Å². The number of sulfone groups is 1.